The molecule has 0 aliphatic carbocycles. The van der Waals surface area contributed by atoms with Crippen molar-refractivity contribution in [1.82, 2.24) is 19.8 Å². The maximum Gasteiger partial charge on any atom is 0.511 e. The van der Waals surface area contributed by atoms with Crippen LogP contribution in [0.5, 0.6) is 0 Å². The molecule has 178 valence electrons. The monoisotopic (exact) mass is 569 g/mol. The van der Waals surface area contributed by atoms with Crippen molar-refractivity contribution >= 4 is 40.0 Å². The quantitative estimate of drug-likeness (QED) is 0.292. The molecule has 0 amide bonds. The molecule has 2 heterocycles. The van der Waals surface area contributed by atoms with Crippen molar-refractivity contribution in [2.75, 3.05) is 39.3 Å². The second-order valence-corrected chi connectivity index (χ2v) is 10.0. The Morgan fingerprint density at radius 1 is 1.20 bits per heavy atom. The van der Waals surface area contributed by atoms with Crippen LogP contribution in [0.2, 0.25) is 0 Å². The van der Waals surface area contributed by atoms with Crippen LogP contribution >= 0.6 is 24.0 Å². The fraction of sp³-hybridized carbons (Fsp3) is 0.944. The lowest BCUT2D eigenvalue weighted by atomic mass is 9.99. The van der Waals surface area contributed by atoms with Gasteiger partial charge in [-0.1, -0.05) is 6.92 Å². The summed E-state index contributed by atoms with van der Waals surface area (Å²) in [7, 11) is -5.25. The second-order valence-electron chi connectivity index (χ2n) is 8.08. The maximum absolute atomic E-state index is 12.7. The van der Waals surface area contributed by atoms with Gasteiger partial charge in [0.05, 0.1) is 6.54 Å². The molecule has 2 saturated heterocycles. The van der Waals surface area contributed by atoms with Crippen LogP contribution in [0.25, 0.3) is 0 Å². The van der Waals surface area contributed by atoms with Gasteiger partial charge in [-0.2, -0.15) is 17.5 Å². The number of halogens is 4. The number of nitrogens with one attached hydrogen (secondary N) is 2. The van der Waals surface area contributed by atoms with Crippen molar-refractivity contribution < 1.29 is 21.6 Å². The Bertz CT molecular complexity index is 655. The third-order valence-electron chi connectivity index (χ3n) is 5.60. The molecule has 12 heteroatoms. The minimum Gasteiger partial charge on any atom is -0.357 e. The summed E-state index contributed by atoms with van der Waals surface area (Å²) in [5, 5.41) is 6.42. The van der Waals surface area contributed by atoms with Gasteiger partial charge < -0.3 is 10.6 Å². The number of nitrogens with zero attached hydrogens (tertiary/aromatic N) is 3. The first-order valence-electron chi connectivity index (χ1n) is 10.4. The van der Waals surface area contributed by atoms with Crippen LogP contribution in [0, 0.1) is 5.92 Å². The number of aliphatic imine (C=N–C) groups is 1. The molecule has 7 nitrogen and oxygen atoms in total. The number of likely N-dealkylation sites (tertiary alicyclic amines) is 1. The largest absolute Gasteiger partial charge is 0.511 e. The summed E-state index contributed by atoms with van der Waals surface area (Å²) in [6.45, 7) is 9.52. The molecule has 2 aliphatic rings. The highest BCUT2D eigenvalue weighted by atomic mass is 127. The van der Waals surface area contributed by atoms with Gasteiger partial charge in [-0.05, 0) is 52.0 Å². The molecule has 0 radical (unpaired) electrons. The Balaban J connectivity index is 0.00000450. The first kappa shape index (κ1) is 27.7. The fourth-order valence-electron chi connectivity index (χ4n) is 3.87. The van der Waals surface area contributed by atoms with Crippen LogP contribution in [0.1, 0.15) is 46.5 Å². The van der Waals surface area contributed by atoms with E-state index in [-0.39, 0.29) is 43.1 Å². The van der Waals surface area contributed by atoms with Gasteiger partial charge in [0, 0.05) is 38.3 Å². The minimum atomic E-state index is -5.25. The number of piperidine rings is 2. The van der Waals surface area contributed by atoms with E-state index in [1.165, 1.54) is 12.8 Å². The van der Waals surface area contributed by atoms with Crippen molar-refractivity contribution in [2.24, 2.45) is 10.9 Å². The third kappa shape index (κ3) is 7.66. The van der Waals surface area contributed by atoms with E-state index in [1.54, 1.807) is 0 Å². The summed E-state index contributed by atoms with van der Waals surface area (Å²) in [6, 6.07) is 0.199. The number of guanidine groups is 1. The summed E-state index contributed by atoms with van der Waals surface area (Å²) >= 11 is 0. The minimum absolute atomic E-state index is 0. The Morgan fingerprint density at radius 3 is 2.37 bits per heavy atom. The van der Waals surface area contributed by atoms with Crippen LogP contribution < -0.4 is 10.6 Å². The summed E-state index contributed by atoms with van der Waals surface area (Å²) < 4.78 is 61.7. The zero-order valence-electron chi connectivity index (χ0n) is 17.9. The Kier molecular flexibility index (Phi) is 11.1. The molecule has 2 aliphatic heterocycles. The van der Waals surface area contributed by atoms with E-state index in [2.05, 4.69) is 34.4 Å². The number of hydrogen-bond acceptors (Lipinski definition) is 4. The number of alkyl halides is 3. The SMILES string of the molecule is CCNC(=NCC(C)N1CCCC(C)C1)NC1CCN(S(=O)(=O)C(F)(F)F)CC1.I. The molecule has 2 unspecified atom stereocenters. The zero-order valence-corrected chi connectivity index (χ0v) is 21.1. The number of sulfonamides is 1. The van der Waals surface area contributed by atoms with E-state index in [4.69, 9.17) is 0 Å². The van der Waals surface area contributed by atoms with Crippen LogP contribution in [0.3, 0.4) is 0 Å². The summed E-state index contributed by atoms with van der Waals surface area (Å²) in [4.78, 5) is 7.10. The molecule has 30 heavy (non-hydrogen) atoms. The predicted molar refractivity (Wildman–Crippen MR) is 124 cm³/mol. The lowest BCUT2D eigenvalue weighted by Gasteiger charge is -2.35. The van der Waals surface area contributed by atoms with Gasteiger partial charge in [-0.15, -0.1) is 24.0 Å². The molecule has 2 fully saturated rings. The molecule has 2 atom stereocenters. The third-order valence-corrected chi connectivity index (χ3v) is 7.23. The van der Waals surface area contributed by atoms with Gasteiger partial charge >= 0.3 is 15.5 Å². The van der Waals surface area contributed by atoms with E-state index in [0.717, 1.165) is 13.1 Å². The number of rotatable bonds is 6. The van der Waals surface area contributed by atoms with Crippen molar-refractivity contribution in [3.8, 4) is 0 Å². The van der Waals surface area contributed by atoms with Crippen LogP contribution in [-0.4, -0.2) is 80.4 Å². The van der Waals surface area contributed by atoms with E-state index >= 15 is 0 Å². The van der Waals surface area contributed by atoms with Gasteiger partial charge in [0.1, 0.15) is 0 Å². The van der Waals surface area contributed by atoms with Gasteiger partial charge in [-0.25, -0.2) is 8.42 Å². The zero-order chi connectivity index (χ0) is 21.7. The van der Waals surface area contributed by atoms with E-state index in [9.17, 15) is 21.6 Å². The van der Waals surface area contributed by atoms with Gasteiger partial charge in [0.15, 0.2) is 5.96 Å². The molecular formula is C18H35F3IN5O2S. The van der Waals surface area contributed by atoms with Crippen LogP contribution in [-0.2, 0) is 10.0 Å². The molecule has 0 aromatic carbocycles. The summed E-state index contributed by atoms with van der Waals surface area (Å²) in [6.07, 6.45) is 3.07. The molecule has 2 N–H and O–H groups in total. The Labute approximate surface area is 195 Å². The molecule has 0 bridgehead atoms. The summed E-state index contributed by atoms with van der Waals surface area (Å²) in [5.74, 6) is 1.32. The summed E-state index contributed by atoms with van der Waals surface area (Å²) in [5.41, 5.74) is -5.24. The van der Waals surface area contributed by atoms with E-state index < -0.39 is 15.5 Å². The second kappa shape index (κ2) is 12.0. The maximum atomic E-state index is 12.7. The fourth-order valence-corrected chi connectivity index (χ4v) is 4.85. The molecule has 0 aromatic heterocycles. The van der Waals surface area contributed by atoms with E-state index in [1.807, 2.05) is 6.92 Å². The number of hydrogen-bond donors (Lipinski definition) is 2. The molecule has 2 rings (SSSR count). The van der Waals surface area contributed by atoms with Crippen molar-refractivity contribution in [2.45, 2.75) is 64.0 Å². The molecule has 0 aromatic rings. The van der Waals surface area contributed by atoms with Gasteiger partial charge in [0.2, 0.25) is 0 Å². The van der Waals surface area contributed by atoms with Gasteiger partial charge in [-0.3, -0.25) is 9.89 Å². The average Bonchev–Trinajstić information content (AvgIpc) is 2.65. The Hall–Kier alpha value is -0.340. The van der Waals surface area contributed by atoms with Gasteiger partial charge in [0.25, 0.3) is 0 Å². The normalized spacial score (nSPS) is 24.2. The Morgan fingerprint density at radius 2 is 1.83 bits per heavy atom. The molecular weight excluding hydrogens is 534 g/mol. The average molecular weight is 569 g/mol. The van der Waals surface area contributed by atoms with Crippen molar-refractivity contribution in [1.29, 1.82) is 0 Å². The lowest BCUT2D eigenvalue weighted by molar-refractivity contribution is -0.0494. The highest BCUT2D eigenvalue weighted by molar-refractivity contribution is 14.0. The van der Waals surface area contributed by atoms with E-state index in [0.29, 0.717) is 48.2 Å². The smallest absolute Gasteiger partial charge is 0.357 e. The van der Waals surface area contributed by atoms with Crippen molar-refractivity contribution in [3.05, 3.63) is 0 Å². The lowest BCUT2D eigenvalue weighted by Crippen LogP contribution is -2.52. The first-order valence-corrected chi connectivity index (χ1v) is 11.8. The van der Waals surface area contributed by atoms with Crippen molar-refractivity contribution in [3.63, 3.8) is 0 Å². The van der Waals surface area contributed by atoms with Crippen LogP contribution in [0.15, 0.2) is 4.99 Å². The molecule has 0 saturated carbocycles. The highest BCUT2D eigenvalue weighted by Crippen LogP contribution is 2.29. The topological polar surface area (TPSA) is 77.0 Å². The highest BCUT2D eigenvalue weighted by Gasteiger charge is 2.50. The standard InChI is InChI=1S/C18H34F3N5O2S.HI/c1-4-22-17(23-12-15(3)25-9-5-6-14(2)13-25)24-16-7-10-26(11-8-16)29(27,28)18(19,20)21;/h14-16H,4-13H2,1-3H3,(H2,22,23,24);1H. The first-order chi connectivity index (χ1) is 13.5. The molecule has 0 spiro atoms. The van der Waals surface area contributed by atoms with Crippen LogP contribution in [0.4, 0.5) is 13.2 Å². The predicted octanol–water partition coefficient (Wildman–Crippen LogP) is 2.59.